The standard InChI is InChI=1S/C17H15BrN2O4S/c1-24-14-7-6-12(18)8-13(14)15(21)20-17(25)19-9-10-2-4-11(5-3-10)16(22)23/h2-8H,9H2,1H3,(H,22,23)(H2,19,20,21,25). The normalized spacial score (nSPS) is 10.0. The molecule has 25 heavy (non-hydrogen) atoms. The molecule has 0 aromatic heterocycles. The van der Waals surface area contributed by atoms with E-state index in [9.17, 15) is 9.59 Å². The second-order valence-corrected chi connectivity index (χ2v) is 6.31. The summed E-state index contributed by atoms with van der Waals surface area (Å²) in [6.07, 6.45) is 0. The summed E-state index contributed by atoms with van der Waals surface area (Å²) in [5, 5.41) is 14.5. The van der Waals surface area contributed by atoms with Gasteiger partial charge < -0.3 is 15.2 Å². The van der Waals surface area contributed by atoms with Gasteiger partial charge in [-0.15, -0.1) is 0 Å². The van der Waals surface area contributed by atoms with Crippen LogP contribution in [0.1, 0.15) is 26.3 Å². The molecule has 0 aliphatic heterocycles. The molecule has 0 spiro atoms. The number of hydrogen-bond donors (Lipinski definition) is 3. The summed E-state index contributed by atoms with van der Waals surface area (Å²) in [6.45, 7) is 0.356. The number of methoxy groups -OCH3 is 1. The molecule has 2 aromatic carbocycles. The first-order valence-electron chi connectivity index (χ1n) is 7.15. The maximum atomic E-state index is 12.3. The molecule has 8 heteroatoms. The average Bonchev–Trinajstić information content (AvgIpc) is 2.60. The molecule has 0 aliphatic carbocycles. The number of carbonyl (C=O) groups is 2. The van der Waals surface area contributed by atoms with Gasteiger partial charge in [0.25, 0.3) is 5.91 Å². The van der Waals surface area contributed by atoms with E-state index in [1.54, 1.807) is 30.3 Å². The van der Waals surface area contributed by atoms with Crippen LogP contribution in [0.4, 0.5) is 0 Å². The van der Waals surface area contributed by atoms with E-state index in [0.717, 1.165) is 10.0 Å². The quantitative estimate of drug-likeness (QED) is 0.642. The first-order valence-corrected chi connectivity index (χ1v) is 8.36. The molecule has 130 valence electrons. The Morgan fingerprint density at radius 2 is 1.88 bits per heavy atom. The van der Waals surface area contributed by atoms with Crippen molar-refractivity contribution in [3.63, 3.8) is 0 Å². The number of thiocarbonyl (C=S) groups is 1. The van der Waals surface area contributed by atoms with Crippen LogP contribution in [0.25, 0.3) is 0 Å². The maximum Gasteiger partial charge on any atom is 0.335 e. The molecule has 0 unspecified atom stereocenters. The zero-order valence-electron chi connectivity index (χ0n) is 13.2. The van der Waals surface area contributed by atoms with Gasteiger partial charge >= 0.3 is 5.97 Å². The zero-order valence-corrected chi connectivity index (χ0v) is 15.6. The van der Waals surface area contributed by atoms with Crippen molar-refractivity contribution in [1.29, 1.82) is 0 Å². The van der Waals surface area contributed by atoms with Gasteiger partial charge in [-0.05, 0) is 48.1 Å². The molecule has 0 atom stereocenters. The molecule has 0 fully saturated rings. The Bertz CT molecular complexity index is 809. The zero-order chi connectivity index (χ0) is 18.4. The predicted octanol–water partition coefficient (Wildman–Crippen LogP) is 2.96. The summed E-state index contributed by atoms with van der Waals surface area (Å²) >= 11 is 8.43. The minimum Gasteiger partial charge on any atom is -0.496 e. The van der Waals surface area contributed by atoms with E-state index in [4.69, 9.17) is 22.1 Å². The lowest BCUT2D eigenvalue weighted by Crippen LogP contribution is -2.39. The van der Waals surface area contributed by atoms with Crippen molar-refractivity contribution >= 4 is 45.1 Å². The van der Waals surface area contributed by atoms with Gasteiger partial charge in [0.15, 0.2) is 5.11 Å². The number of benzene rings is 2. The predicted molar refractivity (Wildman–Crippen MR) is 101 cm³/mol. The number of hydrogen-bond acceptors (Lipinski definition) is 4. The molecule has 3 N–H and O–H groups in total. The maximum absolute atomic E-state index is 12.3. The lowest BCUT2D eigenvalue weighted by molar-refractivity contribution is 0.0696. The van der Waals surface area contributed by atoms with Gasteiger partial charge in [0, 0.05) is 11.0 Å². The molecule has 2 rings (SSSR count). The molecule has 0 bridgehead atoms. The van der Waals surface area contributed by atoms with Gasteiger partial charge in [-0.25, -0.2) is 4.79 Å². The Labute approximate surface area is 158 Å². The first-order chi connectivity index (χ1) is 11.9. The molecular weight excluding hydrogens is 408 g/mol. The second-order valence-electron chi connectivity index (χ2n) is 4.98. The summed E-state index contributed by atoms with van der Waals surface area (Å²) in [4.78, 5) is 23.1. The monoisotopic (exact) mass is 422 g/mol. The number of carboxylic acids is 1. The van der Waals surface area contributed by atoms with Crippen molar-refractivity contribution in [3.8, 4) is 5.75 Å². The molecule has 0 saturated carbocycles. The van der Waals surface area contributed by atoms with Crippen LogP contribution in [0.3, 0.4) is 0 Å². The summed E-state index contributed by atoms with van der Waals surface area (Å²) in [5.74, 6) is -0.935. The third-order valence-corrected chi connectivity index (χ3v) is 4.03. The minimum atomic E-state index is -0.981. The largest absolute Gasteiger partial charge is 0.496 e. The van der Waals surface area contributed by atoms with E-state index in [-0.39, 0.29) is 10.7 Å². The Morgan fingerprint density at radius 3 is 2.48 bits per heavy atom. The Hall–Kier alpha value is -2.45. The lowest BCUT2D eigenvalue weighted by atomic mass is 10.1. The Morgan fingerprint density at radius 1 is 1.20 bits per heavy atom. The lowest BCUT2D eigenvalue weighted by Gasteiger charge is -2.12. The Balaban J connectivity index is 1.95. The van der Waals surface area contributed by atoms with Crippen molar-refractivity contribution in [2.24, 2.45) is 0 Å². The van der Waals surface area contributed by atoms with Crippen LogP contribution >= 0.6 is 28.1 Å². The molecule has 2 aromatic rings. The van der Waals surface area contributed by atoms with E-state index < -0.39 is 11.9 Å². The van der Waals surface area contributed by atoms with E-state index >= 15 is 0 Å². The number of halogens is 1. The number of rotatable bonds is 5. The molecule has 0 radical (unpaired) electrons. The Kier molecular flexibility index (Phi) is 6.49. The number of ether oxygens (including phenoxy) is 1. The van der Waals surface area contributed by atoms with Crippen LogP contribution in [-0.2, 0) is 6.54 Å². The van der Waals surface area contributed by atoms with E-state index in [0.29, 0.717) is 17.9 Å². The third-order valence-electron chi connectivity index (χ3n) is 3.29. The fourth-order valence-corrected chi connectivity index (χ4v) is 2.55. The number of aromatic carboxylic acids is 1. The average molecular weight is 423 g/mol. The van der Waals surface area contributed by atoms with Crippen molar-refractivity contribution < 1.29 is 19.4 Å². The SMILES string of the molecule is COc1ccc(Br)cc1C(=O)NC(=S)NCc1ccc(C(=O)O)cc1. The molecule has 0 saturated heterocycles. The molecule has 6 nitrogen and oxygen atoms in total. The highest BCUT2D eigenvalue weighted by Gasteiger charge is 2.14. The second kappa shape index (κ2) is 8.59. The number of carbonyl (C=O) groups excluding carboxylic acids is 1. The highest BCUT2D eigenvalue weighted by Crippen LogP contribution is 2.22. The fraction of sp³-hybridized carbons (Fsp3) is 0.118. The highest BCUT2D eigenvalue weighted by molar-refractivity contribution is 9.10. The molecule has 0 aliphatic rings. The minimum absolute atomic E-state index is 0.161. The number of carboxylic acid groups (broad SMARTS) is 1. The summed E-state index contributed by atoms with van der Waals surface area (Å²) in [5.41, 5.74) is 1.40. The van der Waals surface area contributed by atoms with Crippen molar-refractivity contribution in [3.05, 3.63) is 63.6 Å². The summed E-state index contributed by atoms with van der Waals surface area (Å²) in [7, 11) is 1.48. The van der Waals surface area contributed by atoms with Crippen molar-refractivity contribution in [2.45, 2.75) is 6.54 Å². The molecule has 0 heterocycles. The van der Waals surface area contributed by atoms with E-state index in [2.05, 4.69) is 26.6 Å². The third kappa shape index (κ3) is 5.27. The van der Waals surface area contributed by atoms with Gasteiger partial charge in [-0.2, -0.15) is 0 Å². The summed E-state index contributed by atoms with van der Waals surface area (Å²) < 4.78 is 5.92. The van der Waals surface area contributed by atoms with Crippen molar-refractivity contribution in [1.82, 2.24) is 10.6 Å². The van der Waals surface area contributed by atoms with Crippen LogP contribution in [0.5, 0.6) is 5.75 Å². The van der Waals surface area contributed by atoms with E-state index in [1.807, 2.05) is 0 Å². The smallest absolute Gasteiger partial charge is 0.335 e. The van der Waals surface area contributed by atoms with Crippen LogP contribution in [0, 0.1) is 0 Å². The summed E-state index contributed by atoms with van der Waals surface area (Å²) in [6, 6.07) is 11.5. The van der Waals surface area contributed by atoms with Gasteiger partial charge in [0.05, 0.1) is 18.2 Å². The highest BCUT2D eigenvalue weighted by atomic mass is 79.9. The van der Waals surface area contributed by atoms with Crippen molar-refractivity contribution in [2.75, 3.05) is 7.11 Å². The van der Waals surface area contributed by atoms with Gasteiger partial charge in [-0.3, -0.25) is 10.1 Å². The van der Waals surface area contributed by atoms with Gasteiger partial charge in [-0.1, -0.05) is 28.1 Å². The van der Waals surface area contributed by atoms with Crippen LogP contribution < -0.4 is 15.4 Å². The number of nitrogens with one attached hydrogen (secondary N) is 2. The molecule has 1 amide bonds. The first kappa shape index (κ1) is 18.9. The van der Waals surface area contributed by atoms with Gasteiger partial charge in [0.1, 0.15) is 5.75 Å². The molecular formula is C17H15BrN2O4S. The number of amides is 1. The fourth-order valence-electron chi connectivity index (χ4n) is 2.02. The van der Waals surface area contributed by atoms with Gasteiger partial charge in [0.2, 0.25) is 0 Å². The van der Waals surface area contributed by atoms with Crippen LogP contribution in [0.15, 0.2) is 46.9 Å². The van der Waals surface area contributed by atoms with Crippen LogP contribution in [0.2, 0.25) is 0 Å². The van der Waals surface area contributed by atoms with E-state index in [1.165, 1.54) is 19.2 Å². The van der Waals surface area contributed by atoms with Crippen LogP contribution in [-0.4, -0.2) is 29.2 Å². The topological polar surface area (TPSA) is 87.7 Å².